The Morgan fingerprint density at radius 2 is 2.07 bits per heavy atom. The van der Waals surface area contributed by atoms with Gasteiger partial charge in [-0.15, -0.1) is 0 Å². The number of carbonyl (C=O) groups is 1. The third-order valence-corrected chi connectivity index (χ3v) is 2.32. The van der Waals surface area contributed by atoms with E-state index >= 15 is 0 Å². The Labute approximate surface area is 81.5 Å². The first kappa shape index (κ1) is 9.02. The molecule has 14 heavy (non-hydrogen) atoms. The van der Waals surface area contributed by atoms with Crippen molar-refractivity contribution in [1.82, 2.24) is 5.32 Å². The third-order valence-electron chi connectivity index (χ3n) is 2.32. The van der Waals surface area contributed by atoms with Crippen LogP contribution < -0.4 is 10.1 Å². The summed E-state index contributed by atoms with van der Waals surface area (Å²) in [5.74, 6) is -0.0212. The van der Waals surface area contributed by atoms with Crippen molar-refractivity contribution in [2.45, 2.75) is 12.1 Å². The van der Waals surface area contributed by atoms with Gasteiger partial charge in [-0.25, -0.2) is 0 Å². The standard InChI is InChI=1S/C10H11NO3/c1-14-7-4-2-6(3-5-7)8-9(11-8)10(12)13/h2-5,8-9,11H,1H3,(H,12,13)/t8-,9+/m1/s1. The highest BCUT2D eigenvalue weighted by atomic mass is 16.5. The van der Waals surface area contributed by atoms with Crippen LogP contribution in [0.1, 0.15) is 11.6 Å². The number of carboxylic acid groups (broad SMARTS) is 1. The molecule has 2 N–H and O–H groups in total. The summed E-state index contributed by atoms with van der Waals surface area (Å²) in [5, 5.41) is 11.6. The van der Waals surface area contributed by atoms with Gasteiger partial charge in [0.05, 0.1) is 13.2 Å². The smallest absolute Gasteiger partial charge is 0.322 e. The van der Waals surface area contributed by atoms with Crippen LogP contribution in [0, 0.1) is 0 Å². The molecular weight excluding hydrogens is 182 g/mol. The van der Waals surface area contributed by atoms with Gasteiger partial charge in [-0.1, -0.05) is 12.1 Å². The predicted molar refractivity (Wildman–Crippen MR) is 50.3 cm³/mol. The van der Waals surface area contributed by atoms with E-state index in [0.717, 1.165) is 11.3 Å². The first-order valence-corrected chi connectivity index (χ1v) is 4.35. The van der Waals surface area contributed by atoms with Crippen LogP contribution >= 0.6 is 0 Å². The molecule has 4 nitrogen and oxygen atoms in total. The lowest BCUT2D eigenvalue weighted by Crippen LogP contribution is -2.07. The van der Waals surface area contributed by atoms with Gasteiger partial charge < -0.3 is 9.84 Å². The zero-order chi connectivity index (χ0) is 10.1. The van der Waals surface area contributed by atoms with Crippen molar-refractivity contribution in [3.05, 3.63) is 29.8 Å². The zero-order valence-electron chi connectivity index (χ0n) is 7.73. The molecule has 1 aliphatic heterocycles. The van der Waals surface area contributed by atoms with E-state index in [1.54, 1.807) is 7.11 Å². The van der Waals surface area contributed by atoms with Crippen LogP contribution in [0.15, 0.2) is 24.3 Å². The summed E-state index contributed by atoms with van der Waals surface area (Å²) in [5.41, 5.74) is 0.984. The van der Waals surface area contributed by atoms with Crippen molar-refractivity contribution >= 4 is 5.97 Å². The van der Waals surface area contributed by atoms with E-state index in [4.69, 9.17) is 9.84 Å². The normalized spacial score (nSPS) is 24.4. The minimum absolute atomic E-state index is 0.0431. The van der Waals surface area contributed by atoms with Gasteiger partial charge in [0, 0.05) is 0 Å². The fraction of sp³-hybridized carbons (Fsp3) is 0.300. The van der Waals surface area contributed by atoms with Gasteiger partial charge in [-0.05, 0) is 17.7 Å². The first-order chi connectivity index (χ1) is 6.72. The van der Waals surface area contributed by atoms with Crippen LogP contribution in [0.25, 0.3) is 0 Å². The highest BCUT2D eigenvalue weighted by Crippen LogP contribution is 2.30. The summed E-state index contributed by atoms with van der Waals surface area (Å²) < 4.78 is 5.01. The largest absolute Gasteiger partial charge is 0.497 e. The average Bonchev–Trinajstić information content (AvgIpc) is 2.97. The maximum Gasteiger partial charge on any atom is 0.322 e. The van der Waals surface area contributed by atoms with Crippen LogP contribution in [0.2, 0.25) is 0 Å². The number of rotatable bonds is 3. The van der Waals surface area contributed by atoms with Gasteiger partial charge in [0.1, 0.15) is 11.8 Å². The van der Waals surface area contributed by atoms with Gasteiger partial charge in [0.25, 0.3) is 0 Å². The van der Waals surface area contributed by atoms with Crippen molar-refractivity contribution < 1.29 is 14.6 Å². The molecule has 0 aromatic heterocycles. The SMILES string of the molecule is COc1ccc([C@H]2N[C@@H]2C(=O)O)cc1. The van der Waals surface area contributed by atoms with Crippen molar-refractivity contribution in [2.75, 3.05) is 7.11 Å². The molecule has 0 radical (unpaired) electrons. The second-order valence-corrected chi connectivity index (χ2v) is 3.23. The predicted octanol–water partition coefficient (Wildman–Crippen LogP) is 0.793. The molecule has 4 heteroatoms. The second-order valence-electron chi connectivity index (χ2n) is 3.23. The van der Waals surface area contributed by atoms with Gasteiger partial charge in [0.2, 0.25) is 0 Å². The van der Waals surface area contributed by atoms with E-state index in [-0.39, 0.29) is 6.04 Å². The average molecular weight is 193 g/mol. The Morgan fingerprint density at radius 1 is 1.43 bits per heavy atom. The molecule has 74 valence electrons. The molecule has 1 aliphatic rings. The molecule has 0 amide bonds. The van der Waals surface area contributed by atoms with E-state index < -0.39 is 12.0 Å². The van der Waals surface area contributed by atoms with Crippen molar-refractivity contribution in [1.29, 1.82) is 0 Å². The van der Waals surface area contributed by atoms with E-state index in [2.05, 4.69) is 5.32 Å². The Bertz CT molecular complexity index is 347. The van der Waals surface area contributed by atoms with Gasteiger partial charge in [-0.2, -0.15) is 0 Å². The van der Waals surface area contributed by atoms with Crippen LogP contribution in [0.5, 0.6) is 5.75 Å². The maximum atomic E-state index is 10.6. The number of aliphatic carboxylic acids is 1. The molecule has 0 saturated carbocycles. The van der Waals surface area contributed by atoms with E-state index in [1.165, 1.54) is 0 Å². The number of ether oxygens (including phenoxy) is 1. The Balaban J connectivity index is 2.08. The number of hydrogen-bond donors (Lipinski definition) is 2. The molecule has 1 fully saturated rings. The van der Waals surface area contributed by atoms with Crippen molar-refractivity contribution in [3.63, 3.8) is 0 Å². The van der Waals surface area contributed by atoms with Crippen molar-refractivity contribution in [2.24, 2.45) is 0 Å². The van der Waals surface area contributed by atoms with Crippen LogP contribution in [-0.2, 0) is 4.79 Å². The summed E-state index contributed by atoms with van der Waals surface area (Å²) in [6.07, 6.45) is 0. The lowest BCUT2D eigenvalue weighted by molar-refractivity contribution is -0.136. The number of nitrogens with one attached hydrogen (secondary N) is 1. The molecule has 1 aromatic rings. The number of hydrogen-bond acceptors (Lipinski definition) is 3. The molecule has 2 atom stereocenters. The molecule has 1 aromatic carbocycles. The quantitative estimate of drug-likeness (QED) is 0.696. The maximum absolute atomic E-state index is 10.6. The third kappa shape index (κ3) is 1.56. The molecule has 2 rings (SSSR count). The Kier molecular flexibility index (Phi) is 2.13. The highest BCUT2D eigenvalue weighted by Gasteiger charge is 2.43. The van der Waals surface area contributed by atoms with Crippen LogP contribution in [0.3, 0.4) is 0 Å². The second kappa shape index (κ2) is 3.31. The molecule has 0 bridgehead atoms. The molecule has 1 saturated heterocycles. The number of carboxylic acids is 1. The topological polar surface area (TPSA) is 68.5 Å². The van der Waals surface area contributed by atoms with Crippen LogP contribution in [0.4, 0.5) is 0 Å². The minimum atomic E-state index is -0.800. The monoisotopic (exact) mass is 193 g/mol. The fourth-order valence-corrected chi connectivity index (χ4v) is 1.45. The molecule has 0 aliphatic carbocycles. The summed E-state index contributed by atoms with van der Waals surface area (Å²) in [6.45, 7) is 0. The van der Waals surface area contributed by atoms with Gasteiger partial charge in [0.15, 0.2) is 0 Å². The number of methoxy groups -OCH3 is 1. The van der Waals surface area contributed by atoms with Crippen LogP contribution in [-0.4, -0.2) is 24.2 Å². The molecular formula is C10H11NO3. The minimum Gasteiger partial charge on any atom is -0.497 e. The zero-order valence-corrected chi connectivity index (χ0v) is 7.73. The van der Waals surface area contributed by atoms with E-state index in [1.807, 2.05) is 24.3 Å². The summed E-state index contributed by atoms with van der Waals surface area (Å²) in [6, 6.07) is 6.93. The van der Waals surface area contributed by atoms with E-state index in [9.17, 15) is 4.79 Å². The molecule has 0 unspecified atom stereocenters. The Morgan fingerprint density at radius 3 is 2.50 bits per heavy atom. The molecule has 1 heterocycles. The first-order valence-electron chi connectivity index (χ1n) is 4.35. The van der Waals surface area contributed by atoms with Gasteiger partial charge in [-0.3, -0.25) is 10.1 Å². The summed E-state index contributed by atoms with van der Waals surface area (Å²) in [4.78, 5) is 10.6. The van der Waals surface area contributed by atoms with Gasteiger partial charge >= 0.3 is 5.97 Å². The molecule has 0 spiro atoms. The van der Waals surface area contributed by atoms with E-state index in [0.29, 0.717) is 0 Å². The fourth-order valence-electron chi connectivity index (χ4n) is 1.45. The number of benzene rings is 1. The summed E-state index contributed by atoms with van der Waals surface area (Å²) in [7, 11) is 1.60. The highest BCUT2D eigenvalue weighted by molar-refractivity contribution is 5.78. The Hall–Kier alpha value is -1.55. The summed E-state index contributed by atoms with van der Waals surface area (Å²) >= 11 is 0. The lowest BCUT2D eigenvalue weighted by atomic mass is 10.1. The van der Waals surface area contributed by atoms with Crippen molar-refractivity contribution in [3.8, 4) is 5.75 Å². The lowest BCUT2D eigenvalue weighted by Gasteiger charge is -2.00.